The molecule has 0 amide bonds. The molecule has 0 aliphatic heterocycles. The van der Waals surface area contributed by atoms with Gasteiger partial charge in [0, 0.05) is 18.1 Å². The van der Waals surface area contributed by atoms with Crippen molar-refractivity contribution in [1.82, 2.24) is 0 Å². The summed E-state index contributed by atoms with van der Waals surface area (Å²) in [7, 11) is 0. The lowest BCUT2D eigenvalue weighted by Crippen LogP contribution is -2.04. The van der Waals surface area contributed by atoms with Gasteiger partial charge in [-0.05, 0) is 13.0 Å². The van der Waals surface area contributed by atoms with E-state index in [1.54, 1.807) is 0 Å². The maximum atomic E-state index is 13.0. The first-order chi connectivity index (χ1) is 6.91. The highest BCUT2D eigenvalue weighted by Crippen LogP contribution is 2.24. The van der Waals surface area contributed by atoms with Gasteiger partial charge >= 0.3 is 5.69 Å². The minimum absolute atomic E-state index is 0.245. The van der Waals surface area contributed by atoms with E-state index in [4.69, 9.17) is 0 Å². The smallest absolute Gasteiger partial charge is 0.300 e. The van der Waals surface area contributed by atoms with Crippen LogP contribution in [0.15, 0.2) is 12.1 Å². The number of benzene rings is 1. The Hall–Kier alpha value is -1.85. The van der Waals surface area contributed by atoms with Gasteiger partial charge < -0.3 is 0 Å². The van der Waals surface area contributed by atoms with Crippen LogP contribution in [0.3, 0.4) is 0 Å². The molecule has 0 aromatic heterocycles. The molecule has 80 valence electrons. The Bertz CT molecular complexity index is 432. The number of hydrogen-bond donors (Lipinski definition) is 0. The molecule has 0 fully saturated rings. The van der Waals surface area contributed by atoms with Crippen molar-refractivity contribution in [2.75, 3.05) is 0 Å². The van der Waals surface area contributed by atoms with Crippen LogP contribution in [0, 0.1) is 21.7 Å². The lowest BCUT2D eigenvalue weighted by atomic mass is 10.1. The molecule has 0 aliphatic carbocycles. The Kier molecular flexibility index (Phi) is 3.08. The minimum atomic E-state index is -1.27. The highest BCUT2D eigenvalue weighted by Gasteiger charge is 2.22. The molecule has 0 saturated carbocycles. The number of ketones is 1. The summed E-state index contributed by atoms with van der Waals surface area (Å²) in [4.78, 5) is 20.2. The first-order valence-corrected chi connectivity index (χ1v) is 4.03. The number of nitro benzene ring substituents is 1. The summed E-state index contributed by atoms with van der Waals surface area (Å²) in [6.07, 6.45) is -0.356. The summed E-state index contributed by atoms with van der Waals surface area (Å²) in [5.41, 5.74) is -1.09. The van der Waals surface area contributed by atoms with Crippen molar-refractivity contribution in [2.45, 2.75) is 13.3 Å². The van der Waals surface area contributed by atoms with Crippen LogP contribution in [0.4, 0.5) is 14.5 Å². The fourth-order valence-electron chi connectivity index (χ4n) is 1.23. The summed E-state index contributed by atoms with van der Waals surface area (Å²) < 4.78 is 25.8. The van der Waals surface area contributed by atoms with Gasteiger partial charge in [0.05, 0.1) is 4.92 Å². The van der Waals surface area contributed by atoms with Crippen molar-refractivity contribution in [1.29, 1.82) is 0 Å². The number of halogens is 2. The molecular formula is C9H7F2NO3. The van der Waals surface area contributed by atoms with Crippen LogP contribution in [-0.4, -0.2) is 10.7 Å². The van der Waals surface area contributed by atoms with Crippen LogP contribution in [0.5, 0.6) is 0 Å². The largest absolute Gasteiger partial charge is 0.308 e. The molecule has 1 aromatic rings. The van der Waals surface area contributed by atoms with E-state index in [2.05, 4.69) is 0 Å². The van der Waals surface area contributed by atoms with Crippen molar-refractivity contribution in [3.63, 3.8) is 0 Å². The summed E-state index contributed by atoms with van der Waals surface area (Å²) in [6.45, 7) is 1.19. The lowest BCUT2D eigenvalue weighted by Gasteiger charge is -2.01. The number of carbonyl (C=O) groups is 1. The third-order valence-electron chi connectivity index (χ3n) is 1.73. The number of nitrogens with zero attached hydrogens (tertiary/aromatic N) is 1. The van der Waals surface area contributed by atoms with Gasteiger partial charge in [0.2, 0.25) is 5.82 Å². The first-order valence-electron chi connectivity index (χ1n) is 4.03. The third-order valence-corrected chi connectivity index (χ3v) is 1.73. The van der Waals surface area contributed by atoms with Gasteiger partial charge in [-0.1, -0.05) is 0 Å². The number of Topliss-reactive ketones (excluding diaryl/α,β-unsaturated/α-hetero) is 1. The van der Waals surface area contributed by atoms with Crippen LogP contribution < -0.4 is 0 Å². The van der Waals surface area contributed by atoms with Gasteiger partial charge in [0.15, 0.2) is 0 Å². The Morgan fingerprint density at radius 3 is 2.53 bits per heavy atom. The van der Waals surface area contributed by atoms with Gasteiger partial charge in [-0.25, -0.2) is 4.39 Å². The molecule has 0 heterocycles. The second kappa shape index (κ2) is 4.12. The second-order valence-corrected chi connectivity index (χ2v) is 3.03. The first kappa shape index (κ1) is 11.2. The van der Waals surface area contributed by atoms with Crippen molar-refractivity contribution in [2.24, 2.45) is 0 Å². The number of carbonyl (C=O) groups excluding carboxylic acids is 1. The second-order valence-electron chi connectivity index (χ2n) is 3.03. The Morgan fingerprint density at radius 2 is 2.07 bits per heavy atom. The van der Waals surface area contributed by atoms with E-state index in [1.165, 1.54) is 6.92 Å². The highest BCUT2D eigenvalue weighted by molar-refractivity contribution is 5.79. The molecule has 6 heteroatoms. The molecule has 0 atom stereocenters. The van der Waals surface area contributed by atoms with E-state index in [0.717, 1.165) is 6.07 Å². The zero-order valence-corrected chi connectivity index (χ0v) is 7.79. The summed E-state index contributed by atoms with van der Waals surface area (Å²) in [5.74, 6) is -2.60. The molecule has 0 radical (unpaired) electrons. The number of nitro groups is 1. The molecule has 1 rings (SSSR count). The van der Waals surface area contributed by atoms with Gasteiger partial charge in [0.25, 0.3) is 0 Å². The summed E-state index contributed by atoms with van der Waals surface area (Å²) in [5, 5.41) is 10.5. The molecule has 0 spiro atoms. The molecule has 1 aromatic carbocycles. The average Bonchev–Trinajstić information content (AvgIpc) is 1.99. The summed E-state index contributed by atoms with van der Waals surface area (Å²) in [6, 6.07) is 1.21. The van der Waals surface area contributed by atoms with Crippen LogP contribution >= 0.6 is 0 Å². The number of hydrogen-bond acceptors (Lipinski definition) is 3. The molecular weight excluding hydrogens is 208 g/mol. The predicted molar refractivity (Wildman–Crippen MR) is 47.4 cm³/mol. The number of rotatable bonds is 3. The molecule has 0 bridgehead atoms. The van der Waals surface area contributed by atoms with Crippen molar-refractivity contribution >= 4 is 11.5 Å². The Labute approximate surface area is 83.7 Å². The lowest BCUT2D eigenvalue weighted by molar-refractivity contribution is -0.388. The van der Waals surface area contributed by atoms with Crippen molar-refractivity contribution in [3.8, 4) is 0 Å². The zero-order chi connectivity index (χ0) is 11.6. The van der Waals surface area contributed by atoms with Gasteiger partial charge in [-0.2, -0.15) is 4.39 Å². The topological polar surface area (TPSA) is 60.2 Å². The monoisotopic (exact) mass is 215 g/mol. The normalized spacial score (nSPS) is 10.1. The van der Waals surface area contributed by atoms with Crippen LogP contribution in [0.25, 0.3) is 0 Å². The highest BCUT2D eigenvalue weighted by atomic mass is 19.1. The van der Waals surface area contributed by atoms with Crippen LogP contribution in [0.2, 0.25) is 0 Å². The van der Waals surface area contributed by atoms with Gasteiger partial charge in [0.1, 0.15) is 11.6 Å². The Balaban J connectivity index is 3.33. The standard InChI is InChI=1S/C9H7F2NO3/c1-5(13)2-6-3-7(10)4-8(11)9(6)12(14)15/h3-4H,2H2,1H3. The van der Waals surface area contributed by atoms with Crippen molar-refractivity contribution < 1.29 is 18.5 Å². The summed E-state index contributed by atoms with van der Waals surface area (Å²) >= 11 is 0. The molecule has 0 N–H and O–H groups in total. The van der Waals surface area contributed by atoms with Crippen molar-refractivity contribution in [3.05, 3.63) is 39.4 Å². The van der Waals surface area contributed by atoms with Gasteiger partial charge in [-0.3, -0.25) is 14.9 Å². The molecule has 0 unspecified atom stereocenters. The van der Waals surface area contributed by atoms with Crippen LogP contribution in [0.1, 0.15) is 12.5 Å². The van der Waals surface area contributed by atoms with E-state index >= 15 is 0 Å². The molecule has 4 nitrogen and oxygen atoms in total. The predicted octanol–water partition coefficient (Wildman–Crippen LogP) is 2.00. The fourth-order valence-corrected chi connectivity index (χ4v) is 1.23. The maximum absolute atomic E-state index is 13.0. The van der Waals surface area contributed by atoms with E-state index < -0.39 is 28.0 Å². The van der Waals surface area contributed by atoms with E-state index in [1.807, 2.05) is 0 Å². The minimum Gasteiger partial charge on any atom is -0.300 e. The van der Waals surface area contributed by atoms with Crippen LogP contribution in [-0.2, 0) is 11.2 Å². The average molecular weight is 215 g/mol. The fraction of sp³-hybridized carbons (Fsp3) is 0.222. The van der Waals surface area contributed by atoms with Gasteiger partial charge in [-0.15, -0.1) is 0 Å². The van der Waals surface area contributed by atoms with E-state index in [-0.39, 0.29) is 12.0 Å². The maximum Gasteiger partial charge on any atom is 0.308 e. The SMILES string of the molecule is CC(=O)Cc1cc(F)cc(F)c1[N+](=O)[O-]. The van der Waals surface area contributed by atoms with E-state index in [0.29, 0.717) is 6.07 Å². The zero-order valence-electron chi connectivity index (χ0n) is 7.79. The molecule has 15 heavy (non-hydrogen) atoms. The van der Waals surface area contributed by atoms with E-state index in [9.17, 15) is 23.7 Å². The molecule has 0 aliphatic rings. The Morgan fingerprint density at radius 1 is 1.47 bits per heavy atom. The molecule has 0 saturated heterocycles. The quantitative estimate of drug-likeness (QED) is 0.572. The third kappa shape index (κ3) is 2.55.